The molecule has 2 amide bonds. The second-order valence-electron chi connectivity index (χ2n) is 7.97. The van der Waals surface area contributed by atoms with Crippen LogP contribution in [0.2, 0.25) is 0 Å². The topological polar surface area (TPSA) is 87.5 Å². The molecule has 5 atom stereocenters. The molecule has 2 bridgehead atoms. The maximum absolute atomic E-state index is 13.3. The lowest BCUT2D eigenvalue weighted by atomic mass is 9.64. The minimum atomic E-state index is -4.83. The van der Waals surface area contributed by atoms with Crippen LogP contribution < -0.4 is 4.90 Å². The number of rotatable bonds is 2. The number of carbonyl (C=O) groups is 3. The van der Waals surface area contributed by atoms with Gasteiger partial charge in [0, 0.05) is 0 Å². The van der Waals surface area contributed by atoms with Crippen LogP contribution >= 0.6 is 11.6 Å². The number of halogens is 4. The van der Waals surface area contributed by atoms with Crippen LogP contribution in [-0.2, 0) is 25.3 Å². The normalized spacial score (nSPS) is 35.8. The van der Waals surface area contributed by atoms with Crippen LogP contribution in [0.25, 0.3) is 0 Å². The average molecular weight is 427 g/mol. The van der Waals surface area contributed by atoms with Gasteiger partial charge in [-0.3, -0.25) is 14.4 Å². The van der Waals surface area contributed by atoms with Crippen molar-refractivity contribution in [1.29, 1.82) is 5.26 Å². The first-order valence-corrected chi connectivity index (χ1v) is 9.11. The third-order valence-corrected chi connectivity index (χ3v) is 6.56. The van der Waals surface area contributed by atoms with E-state index in [1.54, 1.807) is 6.92 Å². The Balaban J connectivity index is 1.81. The fraction of sp³-hybridized carbons (Fsp3) is 0.474. The summed E-state index contributed by atoms with van der Waals surface area (Å²) in [6, 6.07) is 4.12. The van der Waals surface area contributed by atoms with Gasteiger partial charge in [0.1, 0.15) is 0 Å². The van der Waals surface area contributed by atoms with Crippen LogP contribution in [0.5, 0.6) is 0 Å². The number of anilines is 1. The first kappa shape index (κ1) is 19.9. The predicted molar refractivity (Wildman–Crippen MR) is 92.5 cm³/mol. The molecule has 2 unspecified atom stereocenters. The quantitative estimate of drug-likeness (QED) is 0.536. The third-order valence-electron chi connectivity index (χ3n) is 6.30. The van der Waals surface area contributed by atoms with Crippen molar-refractivity contribution < 1.29 is 32.3 Å². The van der Waals surface area contributed by atoms with Gasteiger partial charge in [-0.05, 0) is 50.1 Å². The van der Waals surface area contributed by atoms with Crippen molar-refractivity contribution in [3.63, 3.8) is 0 Å². The lowest BCUT2D eigenvalue weighted by Crippen LogP contribution is -2.48. The van der Waals surface area contributed by atoms with E-state index >= 15 is 0 Å². The molecule has 3 heterocycles. The molecule has 0 aliphatic carbocycles. The maximum Gasteiger partial charge on any atom is 0.417 e. The summed E-state index contributed by atoms with van der Waals surface area (Å²) in [6.45, 7) is 3.13. The van der Waals surface area contributed by atoms with E-state index in [0.717, 1.165) is 12.1 Å². The van der Waals surface area contributed by atoms with Gasteiger partial charge in [-0.2, -0.15) is 18.4 Å². The monoisotopic (exact) mass is 426 g/mol. The number of nitriles is 1. The van der Waals surface area contributed by atoms with Gasteiger partial charge in [0.25, 0.3) is 0 Å². The Hall–Kier alpha value is -2.44. The summed E-state index contributed by atoms with van der Waals surface area (Å²) in [7, 11) is 0. The van der Waals surface area contributed by atoms with Crippen LogP contribution in [0.1, 0.15) is 31.4 Å². The van der Waals surface area contributed by atoms with Gasteiger partial charge in [-0.15, -0.1) is 0 Å². The molecule has 0 spiro atoms. The van der Waals surface area contributed by atoms with Crippen molar-refractivity contribution in [2.45, 2.75) is 37.6 Å². The van der Waals surface area contributed by atoms with E-state index < -0.39 is 63.3 Å². The highest BCUT2D eigenvalue weighted by molar-refractivity contribution is 6.64. The minimum Gasteiger partial charge on any atom is -0.367 e. The predicted octanol–water partition coefficient (Wildman–Crippen LogP) is 3.02. The van der Waals surface area contributed by atoms with Crippen LogP contribution in [0.3, 0.4) is 0 Å². The Morgan fingerprint density at radius 1 is 1.28 bits per heavy atom. The van der Waals surface area contributed by atoms with Gasteiger partial charge in [0.05, 0.1) is 51.8 Å². The van der Waals surface area contributed by atoms with Gasteiger partial charge in [0.15, 0.2) is 0 Å². The van der Waals surface area contributed by atoms with Crippen LogP contribution in [0.4, 0.5) is 18.9 Å². The highest BCUT2D eigenvalue weighted by Crippen LogP contribution is 2.63. The summed E-state index contributed by atoms with van der Waals surface area (Å²) in [5.41, 5.74) is -4.58. The van der Waals surface area contributed by atoms with Crippen LogP contribution in [0, 0.1) is 29.1 Å². The average Bonchev–Trinajstić information content (AvgIpc) is 3.15. The number of benzene rings is 1. The molecular weight excluding hydrogens is 413 g/mol. The van der Waals surface area contributed by atoms with Gasteiger partial charge in [0.2, 0.25) is 17.1 Å². The molecule has 1 aromatic rings. The van der Waals surface area contributed by atoms with Crippen molar-refractivity contribution in [2.24, 2.45) is 17.8 Å². The number of carbonyl (C=O) groups excluding carboxylic acids is 3. The number of fused-ring (bicyclic) bond motifs is 5. The van der Waals surface area contributed by atoms with Crippen molar-refractivity contribution >= 4 is 34.3 Å². The van der Waals surface area contributed by atoms with Crippen LogP contribution in [0.15, 0.2) is 18.2 Å². The number of ether oxygens (including phenoxy) is 1. The molecule has 0 radical (unpaired) electrons. The molecule has 4 rings (SSSR count). The lowest BCUT2D eigenvalue weighted by Gasteiger charge is -2.33. The standard InChI is InChI=1S/C19H14ClF3N2O4/c1-17-6-11(14(20)26)18(2,29-17)13-12(17)15(27)25(16(13)28)9-4-3-8(7-24)10(5-9)19(21,22)23/h3-5,11-13H,6H2,1-2H3/t11-,12+,13-,17?,18?/m0/s1. The Kier molecular flexibility index (Phi) is 3.97. The van der Waals surface area contributed by atoms with Crippen molar-refractivity contribution in [3.8, 4) is 6.07 Å². The fourth-order valence-corrected chi connectivity index (χ4v) is 5.41. The molecular formula is C19H14ClF3N2O4. The smallest absolute Gasteiger partial charge is 0.367 e. The maximum atomic E-state index is 13.3. The molecule has 3 aliphatic heterocycles. The molecule has 3 aliphatic rings. The van der Waals surface area contributed by atoms with Crippen molar-refractivity contribution in [2.75, 3.05) is 4.90 Å². The van der Waals surface area contributed by atoms with Gasteiger partial charge in [-0.1, -0.05) is 0 Å². The lowest BCUT2D eigenvalue weighted by molar-refractivity contribution is -0.138. The second kappa shape index (κ2) is 5.80. The number of hydrogen-bond donors (Lipinski definition) is 0. The second-order valence-corrected chi connectivity index (χ2v) is 8.34. The molecule has 3 saturated heterocycles. The number of alkyl halides is 3. The summed E-state index contributed by atoms with van der Waals surface area (Å²) < 4.78 is 45.9. The number of hydrogen-bond acceptors (Lipinski definition) is 5. The Morgan fingerprint density at radius 2 is 1.90 bits per heavy atom. The summed E-state index contributed by atoms with van der Waals surface area (Å²) in [6.07, 6.45) is -4.69. The molecule has 0 N–H and O–H groups in total. The third kappa shape index (κ3) is 2.49. The first-order valence-electron chi connectivity index (χ1n) is 8.74. The van der Waals surface area contributed by atoms with Gasteiger partial charge in [-0.25, -0.2) is 4.90 Å². The number of amides is 2. The summed E-state index contributed by atoms with van der Waals surface area (Å²) in [4.78, 5) is 38.8. The van der Waals surface area contributed by atoms with E-state index in [0.29, 0.717) is 11.0 Å². The van der Waals surface area contributed by atoms with E-state index in [9.17, 15) is 27.6 Å². The Morgan fingerprint density at radius 3 is 2.45 bits per heavy atom. The Labute approximate surface area is 168 Å². The van der Waals surface area contributed by atoms with Crippen molar-refractivity contribution in [3.05, 3.63) is 29.3 Å². The minimum absolute atomic E-state index is 0.140. The zero-order valence-electron chi connectivity index (χ0n) is 15.2. The molecule has 10 heteroatoms. The van der Waals surface area contributed by atoms with Crippen molar-refractivity contribution in [1.82, 2.24) is 0 Å². The van der Waals surface area contributed by atoms with E-state index in [1.807, 2.05) is 0 Å². The molecule has 6 nitrogen and oxygen atoms in total. The molecule has 0 aromatic heterocycles. The molecule has 1 aromatic carbocycles. The number of nitrogens with zero attached hydrogens (tertiary/aromatic N) is 2. The first-order chi connectivity index (χ1) is 13.3. The van der Waals surface area contributed by atoms with Gasteiger partial charge < -0.3 is 4.74 Å². The zero-order chi connectivity index (χ0) is 21.5. The molecule has 3 fully saturated rings. The Bertz CT molecular complexity index is 1020. The highest BCUT2D eigenvalue weighted by atomic mass is 35.5. The number of imide groups is 1. The van der Waals surface area contributed by atoms with E-state index in [4.69, 9.17) is 21.6 Å². The molecule has 0 saturated carbocycles. The SMILES string of the molecule is CC12C[C@@H](C(=O)Cl)C(C)(O1)[C@@H]1C(=O)N(c3ccc(C#N)c(C(F)(F)F)c3)C(=O)[C@@H]12. The largest absolute Gasteiger partial charge is 0.417 e. The van der Waals surface area contributed by atoms with Crippen LogP contribution in [-0.4, -0.2) is 28.3 Å². The van der Waals surface area contributed by atoms with E-state index in [1.165, 1.54) is 13.0 Å². The van der Waals surface area contributed by atoms with E-state index in [2.05, 4.69) is 0 Å². The van der Waals surface area contributed by atoms with Gasteiger partial charge >= 0.3 is 6.18 Å². The molecule has 152 valence electrons. The van der Waals surface area contributed by atoms with E-state index in [-0.39, 0.29) is 12.1 Å². The summed E-state index contributed by atoms with van der Waals surface area (Å²) in [5, 5.41) is 8.25. The summed E-state index contributed by atoms with van der Waals surface area (Å²) >= 11 is 5.68. The summed E-state index contributed by atoms with van der Waals surface area (Å²) in [5.74, 6) is -4.21. The fourth-order valence-electron chi connectivity index (χ4n) is 5.12. The molecule has 29 heavy (non-hydrogen) atoms. The zero-order valence-corrected chi connectivity index (χ0v) is 16.0. The highest BCUT2D eigenvalue weighted by Gasteiger charge is 2.76.